The fourth-order valence-electron chi connectivity index (χ4n) is 2.65. The van der Waals surface area contributed by atoms with Crippen LogP contribution >= 0.6 is 11.8 Å². The number of benzene rings is 1. The van der Waals surface area contributed by atoms with Crippen LogP contribution in [0.4, 0.5) is 0 Å². The van der Waals surface area contributed by atoms with Crippen molar-refractivity contribution in [1.82, 2.24) is 9.88 Å². The molecule has 0 unspecified atom stereocenters. The van der Waals surface area contributed by atoms with Gasteiger partial charge in [0.2, 0.25) is 0 Å². The first kappa shape index (κ1) is 12.7. The Hall–Kier alpha value is -1.32. The molecule has 1 fully saturated rings. The van der Waals surface area contributed by atoms with Gasteiger partial charge >= 0.3 is 0 Å². The Morgan fingerprint density at radius 1 is 1.16 bits per heavy atom. The van der Waals surface area contributed by atoms with Crippen molar-refractivity contribution < 1.29 is 0 Å². The van der Waals surface area contributed by atoms with Gasteiger partial charge in [-0.15, -0.1) is 0 Å². The minimum atomic E-state index is 0.528. The predicted octanol–water partition coefficient (Wildman–Crippen LogP) is 4.00. The average Bonchev–Trinajstić information content (AvgIpc) is 2.87. The van der Waals surface area contributed by atoms with Crippen LogP contribution in [0.5, 0.6) is 0 Å². The molecule has 19 heavy (non-hydrogen) atoms. The van der Waals surface area contributed by atoms with Crippen molar-refractivity contribution in [3.8, 4) is 0 Å². The molecule has 1 saturated heterocycles. The van der Waals surface area contributed by atoms with Gasteiger partial charge in [0.1, 0.15) is 5.03 Å². The standard InChI is InChI=1S/C16H18N2S/c1-18-12-6-10-15(18)14-9-5-11-17-16(14)19-13-7-3-2-4-8-13/h2-5,7-9,11,15H,6,10,12H2,1H3/t15-/m0/s1. The molecule has 1 aliphatic rings. The van der Waals surface area contributed by atoms with E-state index in [0.717, 1.165) is 5.03 Å². The van der Waals surface area contributed by atoms with Gasteiger partial charge in [0.25, 0.3) is 0 Å². The van der Waals surface area contributed by atoms with Gasteiger partial charge in [0, 0.05) is 22.7 Å². The monoisotopic (exact) mass is 270 g/mol. The van der Waals surface area contributed by atoms with Crippen molar-refractivity contribution in [1.29, 1.82) is 0 Å². The molecule has 0 bridgehead atoms. The summed E-state index contributed by atoms with van der Waals surface area (Å²) in [6, 6.07) is 15.3. The third-order valence-electron chi connectivity index (χ3n) is 3.64. The number of rotatable bonds is 3. The van der Waals surface area contributed by atoms with E-state index in [-0.39, 0.29) is 0 Å². The van der Waals surface area contributed by atoms with Crippen LogP contribution in [0.25, 0.3) is 0 Å². The van der Waals surface area contributed by atoms with Gasteiger partial charge in [-0.2, -0.15) is 0 Å². The highest BCUT2D eigenvalue weighted by atomic mass is 32.2. The number of hydrogen-bond donors (Lipinski definition) is 0. The summed E-state index contributed by atoms with van der Waals surface area (Å²) < 4.78 is 0. The molecule has 0 radical (unpaired) electrons. The largest absolute Gasteiger partial charge is 0.299 e. The molecular weight excluding hydrogens is 252 g/mol. The predicted molar refractivity (Wildman–Crippen MR) is 79.4 cm³/mol. The van der Waals surface area contributed by atoms with E-state index in [1.54, 1.807) is 11.8 Å². The molecule has 0 aliphatic carbocycles. The highest BCUT2D eigenvalue weighted by molar-refractivity contribution is 7.99. The van der Waals surface area contributed by atoms with E-state index in [0.29, 0.717) is 6.04 Å². The molecule has 0 N–H and O–H groups in total. The maximum Gasteiger partial charge on any atom is 0.105 e. The molecule has 0 saturated carbocycles. The Morgan fingerprint density at radius 3 is 2.74 bits per heavy atom. The summed E-state index contributed by atoms with van der Waals surface area (Å²) in [5, 5.41) is 1.15. The molecule has 1 aliphatic heterocycles. The van der Waals surface area contributed by atoms with Gasteiger partial charge in [-0.25, -0.2) is 4.98 Å². The van der Waals surface area contributed by atoms with Crippen LogP contribution in [0.1, 0.15) is 24.4 Å². The number of hydrogen-bond acceptors (Lipinski definition) is 3. The summed E-state index contributed by atoms with van der Waals surface area (Å²) >= 11 is 1.77. The van der Waals surface area contributed by atoms with Crippen molar-refractivity contribution in [2.24, 2.45) is 0 Å². The van der Waals surface area contributed by atoms with E-state index in [1.165, 1.54) is 29.8 Å². The molecule has 2 nitrogen and oxygen atoms in total. The van der Waals surface area contributed by atoms with Gasteiger partial charge in [-0.05, 0) is 44.6 Å². The molecule has 3 rings (SSSR count). The first-order valence-corrected chi connectivity index (χ1v) is 7.54. The molecule has 1 aromatic heterocycles. The Kier molecular flexibility index (Phi) is 3.85. The zero-order valence-corrected chi connectivity index (χ0v) is 11.9. The first-order chi connectivity index (χ1) is 9.34. The Labute approximate surface area is 118 Å². The minimum absolute atomic E-state index is 0.528. The molecule has 2 aromatic rings. The lowest BCUT2D eigenvalue weighted by atomic mass is 10.1. The second kappa shape index (κ2) is 5.76. The molecule has 0 amide bonds. The van der Waals surface area contributed by atoms with Gasteiger partial charge in [-0.1, -0.05) is 36.0 Å². The lowest BCUT2D eigenvalue weighted by Crippen LogP contribution is -2.18. The minimum Gasteiger partial charge on any atom is -0.299 e. The van der Waals surface area contributed by atoms with Gasteiger partial charge < -0.3 is 0 Å². The highest BCUT2D eigenvalue weighted by Crippen LogP contribution is 2.37. The molecule has 3 heteroatoms. The number of nitrogens with zero attached hydrogens (tertiary/aromatic N) is 2. The normalized spacial score (nSPS) is 19.7. The molecule has 98 valence electrons. The van der Waals surface area contributed by atoms with E-state index in [4.69, 9.17) is 0 Å². The van der Waals surface area contributed by atoms with Gasteiger partial charge in [0.05, 0.1) is 0 Å². The molecule has 1 aromatic carbocycles. The highest BCUT2D eigenvalue weighted by Gasteiger charge is 2.25. The van der Waals surface area contributed by atoms with Crippen LogP contribution in [0.3, 0.4) is 0 Å². The van der Waals surface area contributed by atoms with E-state index in [2.05, 4.69) is 53.3 Å². The van der Waals surface area contributed by atoms with Crippen molar-refractivity contribution >= 4 is 11.8 Å². The molecular formula is C16H18N2S. The van der Waals surface area contributed by atoms with Crippen molar-refractivity contribution in [3.63, 3.8) is 0 Å². The van der Waals surface area contributed by atoms with Crippen LogP contribution in [0.15, 0.2) is 58.6 Å². The number of pyridine rings is 1. The fraction of sp³-hybridized carbons (Fsp3) is 0.312. The molecule has 0 spiro atoms. The lowest BCUT2D eigenvalue weighted by Gasteiger charge is -2.21. The summed E-state index contributed by atoms with van der Waals surface area (Å²) in [4.78, 5) is 8.28. The van der Waals surface area contributed by atoms with Gasteiger partial charge in [-0.3, -0.25) is 4.90 Å². The summed E-state index contributed by atoms with van der Waals surface area (Å²) in [7, 11) is 2.21. The lowest BCUT2D eigenvalue weighted by molar-refractivity contribution is 0.313. The summed E-state index contributed by atoms with van der Waals surface area (Å²) in [5.74, 6) is 0. The smallest absolute Gasteiger partial charge is 0.105 e. The second-order valence-electron chi connectivity index (χ2n) is 4.95. The van der Waals surface area contributed by atoms with E-state index in [1.807, 2.05) is 12.3 Å². The fourth-order valence-corrected chi connectivity index (χ4v) is 3.60. The SMILES string of the molecule is CN1CCC[C@H]1c1cccnc1Sc1ccccc1. The van der Waals surface area contributed by atoms with Crippen LogP contribution in [-0.4, -0.2) is 23.5 Å². The second-order valence-corrected chi connectivity index (χ2v) is 6.01. The van der Waals surface area contributed by atoms with Crippen LogP contribution < -0.4 is 0 Å². The van der Waals surface area contributed by atoms with Crippen molar-refractivity contribution in [3.05, 3.63) is 54.2 Å². The maximum atomic E-state index is 4.59. The Morgan fingerprint density at radius 2 is 2.00 bits per heavy atom. The zero-order chi connectivity index (χ0) is 13.1. The van der Waals surface area contributed by atoms with Crippen LogP contribution in [0, 0.1) is 0 Å². The molecule has 2 heterocycles. The average molecular weight is 270 g/mol. The van der Waals surface area contributed by atoms with E-state index < -0.39 is 0 Å². The summed E-state index contributed by atoms with van der Waals surface area (Å²) in [5.41, 5.74) is 1.37. The third kappa shape index (κ3) is 2.82. The van der Waals surface area contributed by atoms with Gasteiger partial charge in [0.15, 0.2) is 0 Å². The third-order valence-corrected chi connectivity index (χ3v) is 4.68. The quantitative estimate of drug-likeness (QED) is 0.838. The summed E-state index contributed by atoms with van der Waals surface area (Å²) in [6.45, 7) is 1.19. The topological polar surface area (TPSA) is 16.1 Å². The Balaban J connectivity index is 1.89. The number of likely N-dealkylation sites (tertiary alicyclic amines) is 1. The van der Waals surface area contributed by atoms with Crippen molar-refractivity contribution in [2.75, 3.05) is 13.6 Å². The molecule has 1 atom stereocenters. The van der Waals surface area contributed by atoms with E-state index in [9.17, 15) is 0 Å². The number of aromatic nitrogens is 1. The maximum absolute atomic E-state index is 4.59. The van der Waals surface area contributed by atoms with E-state index >= 15 is 0 Å². The summed E-state index contributed by atoms with van der Waals surface area (Å²) in [6.07, 6.45) is 4.42. The van der Waals surface area contributed by atoms with Crippen LogP contribution in [0.2, 0.25) is 0 Å². The Bertz CT molecular complexity index is 541. The first-order valence-electron chi connectivity index (χ1n) is 6.72. The zero-order valence-electron chi connectivity index (χ0n) is 11.1. The van der Waals surface area contributed by atoms with Crippen molar-refractivity contribution in [2.45, 2.75) is 28.8 Å². The van der Waals surface area contributed by atoms with Crippen LogP contribution in [-0.2, 0) is 0 Å².